The molecule has 1 atom stereocenters. The summed E-state index contributed by atoms with van der Waals surface area (Å²) in [7, 11) is 1.68. The Labute approximate surface area is 144 Å². The van der Waals surface area contributed by atoms with Crippen molar-refractivity contribution in [2.24, 2.45) is 0 Å². The van der Waals surface area contributed by atoms with Gasteiger partial charge in [0.15, 0.2) is 5.52 Å². The van der Waals surface area contributed by atoms with Crippen molar-refractivity contribution in [2.75, 3.05) is 11.9 Å². The minimum atomic E-state index is -0.766. The van der Waals surface area contributed by atoms with E-state index in [1.54, 1.807) is 27.8 Å². The lowest BCUT2D eigenvalue weighted by Crippen LogP contribution is -2.38. The number of likely N-dealkylation sites (N-methyl/N-ethyl adjacent to an activating group) is 1. The molecule has 0 aliphatic heterocycles. The fraction of sp³-hybridized carbons (Fsp3) is 0.333. The second-order valence-corrected chi connectivity index (χ2v) is 6.21. The molecule has 2 heterocycles. The predicted octanol–water partition coefficient (Wildman–Crippen LogP) is 2.53. The second kappa shape index (κ2) is 6.16. The van der Waals surface area contributed by atoms with E-state index in [-0.39, 0.29) is 11.4 Å². The van der Waals surface area contributed by atoms with Gasteiger partial charge in [0, 0.05) is 12.7 Å². The van der Waals surface area contributed by atoms with Gasteiger partial charge in [0.25, 0.3) is 11.5 Å². The summed E-state index contributed by atoms with van der Waals surface area (Å²) in [6, 6.07) is 6.84. The lowest BCUT2D eigenvalue weighted by molar-refractivity contribution is -0.121. The summed E-state index contributed by atoms with van der Waals surface area (Å²) in [5.74, 6) is 0.305. The number of amides is 1. The van der Waals surface area contributed by atoms with Gasteiger partial charge in [-0.15, -0.1) is 0 Å². The van der Waals surface area contributed by atoms with Gasteiger partial charge < -0.3 is 9.42 Å². The number of rotatable bonds is 3. The average Bonchev–Trinajstić information content (AvgIpc) is 2.98. The van der Waals surface area contributed by atoms with E-state index in [0.717, 1.165) is 11.3 Å². The molecular weight excluding hydrogens is 320 g/mol. The highest BCUT2D eigenvalue weighted by molar-refractivity contribution is 5.95. The monoisotopic (exact) mass is 340 g/mol. The Bertz CT molecular complexity index is 1020. The summed E-state index contributed by atoms with van der Waals surface area (Å²) in [6.45, 7) is 7.11. The Morgan fingerprint density at radius 2 is 2.00 bits per heavy atom. The maximum absolute atomic E-state index is 12.8. The Balaban J connectivity index is 2.02. The van der Waals surface area contributed by atoms with Gasteiger partial charge in [-0.3, -0.25) is 9.59 Å². The van der Waals surface area contributed by atoms with Crippen molar-refractivity contribution < 1.29 is 9.32 Å². The summed E-state index contributed by atoms with van der Waals surface area (Å²) in [5.41, 5.74) is 2.18. The molecule has 1 unspecified atom stereocenters. The molecule has 7 nitrogen and oxygen atoms in total. The third-order valence-corrected chi connectivity index (χ3v) is 4.34. The summed E-state index contributed by atoms with van der Waals surface area (Å²) in [5, 5.41) is 8.73. The second-order valence-electron chi connectivity index (χ2n) is 6.21. The van der Waals surface area contributed by atoms with Crippen LogP contribution in [-0.4, -0.2) is 27.9 Å². The summed E-state index contributed by atoms with van der Waals surface area (Å²) >= 11 is 0. The van der Waals surface area contributed by atoms with Crippen LogP contribution in [0.15, 0.2) is 33.6 Å². The van der Waals surface area contributed by atoms with E-state index in [2.05, 4.69) is 10.3 Å². The van der Waals surface area contributed by atoms with Crippen molar-refractivity contribution in [3.05, 3.63) is 51.6 Å². The first-order chi connectivity index (χ1) is 11.8. The molecule has 2 aromatic heterocycles. The Kier molecular flexibility index (Phi) is 4.16. The molecule has 0 N–H and O–H groups in total. The van der Waals surface area contributed by atoms with Gasteiger partial charge in [-0.2, -0.15) is 5.10 Å². The molecule has 3 aromatic rings. The first kappa shape index (κ1) is 16.9. The van der Waals surface area contributed by atoms with E-state index in [0.29, 0.717) is 16.8 Å². The Hall–Kier alpha value is -2.96. The molecule has 0 aliphatic carbocycles. The van der Waals surface area contributed by atoms with Crippen molar-refractivity contribution in [3.63, 3.8) is 0 Å². The van der Waals surface area contributed by atoms with Gasteiger partial charge >= 0.3 is 0 Å². The number of carbonyl (C=O) groups excluding carboxylic acids is 1. The van der Waals surface area contributed by atoms with Gasteiger partial charge in [-0.1, -0.05) is 17.3 Å². The fourth-order valence-electron chi connectivity index (χ4n) is 2.92. The normalized spacial score (nSPS) is 12.4. The number of nitrogens with zero attached hydrogens (tertiary/aromatic N) is 4. The molecule has 0 aliphatic rings. The zero-order valence-corrected chi connectivity index (χ0v) is 14.9. The van der Waals surface area contributed by atoms with Crippen LogP contribution in [0.25, 0.3) is 10.9 Å². The molecule has 0 saturated carbocycles. The number of fused-ring (bicyclic) bond motifs is 1. The van der Waals surface area contributed by atoms with E-state index in [1.807, 2.05) is 31.2 Å². The molecule has 0 fully saturated rings. The topological polar surface area (TPSA) is 81.2 Å². The Morgan fingerprint density at radius 1 is 1.28 bits per heavy atom. The third-order valence-electron chi connectivity index (χ3n) is 4.34. The molecule has 0 radical (unpaired) electrons. The SMILES string of the molecule is Cc1cccc(N(C)C(=O)C(C)n2nc(C)c3c(C)onc3c2=O)c1. The van der Waals surface area contributed by atoms with Crippen LogP contribution in [0.4, 0.5) is 5.69 Å². The third kappa shape index (κ3) is 2.82. The summed E-state index contributed by atoms with van der Waals surface area (Å²) in [4.78, 5) is 27.0. The van der Waals surface area contributed by atoms with E-state index in [9.17, 15) is 9.59 Å². The van der Waals surface area contributed by atoms with E-state index in [1.165, 1.54) is 9.58 Å². The summed E-state index contributed by atoms with van der Waals surface area (Å²) in [6.07, 6.45) is 0. The molecule has 1 aromatic carbocycles. The predicted molar refractivity (Wildman–Crippen MR) is 94.8 cm³/mol. The maximum Gasteiger partial charge on any atom is 0.297 e. The number of carbonyl (C=O) groups is 1. The molecule has 0 spiro atoms. The van der Waals surface area contributed by atoms with E-state index >= 15 is 0 Å². The smallest absolute Gasteiger partial charge is 0.297 e. The van der Waals surface area contributed by atoms with E-state index < -0.39 is 11.6 Å². The van der Waals surface area contributed by atoms with Crippen molar-refractivity contribution >= 4 is 22.5 Å². The number of anilines is 1. The first-order valence-electron chi connectivity index (χ1n) is 8.01. The highest BCUT2D eigenvalue weighted by atomic mass is 16.5. The molecule has 0 saturated heterocycles. The van der Waals surface area contributed by atoms with Crippen molar-refractivity contribution in [1.29, 1.82) is 0 Å². The number of benzene rings is 1. The highest BCUT2D eigenvalue weighted by Gasteiger charge is 2.25. The molecule has 1 amide bonds. The van der Waals surface area contributed by atoms with Crippen molar-refractivity contribution in [2.45, 2.75) is 33.7 Å². The van der Waals surface area contributed by atoms with Gasteiger partial charge in [0.2, 0.25) is 0 Å². The minimum Gasteiger partial charge on any atom is -0.360 e. The highest BCUT2D eigenvalue weighted by Crippen LogP contribution is 2.20. The quantitative estimate of drug-likeness (QED) is 0.732. The lowest BCUT2D eigenvalue weighted by atomic mass is 10.2. The average molecular weight is 340 g/mol. The lowest BCUT2D eigenvalue weighted by Gasteiger charge is -2.22. The Morgan fingerprint density at radius 3 is 2.68 bits per heavy atom. The van der Waals surface area contributed by atoms with Crippen LogP contribution in [0.3, 0.4) is 0 Å². The van der Waals surface area contributed by atoms with Gasteiger partial charge in [-0.25, -0.2) is 4.68 Å². The first-order valence-corrected chi connectivity index (χ1v) is 8.01. The number of aromatic nitrogens is 3. The standard InChI is InChI=1S/C18H20N4O3/c1-10-7-6-8-14(9-10)21(5)17(23)12(3)22-18(24)16-15(11(2)19-22)13(4)25-20-16/h6-9,12H,1-5H3. The van der Waals surface area contributed by atoms with Gasteiger partial charge in [0.05, 0.1) is 11.1 Å². The number of hydrogen-bond donors (Lipinski definition) is 0. The van der Waals surface area contributed by atoms with Crippen LogP contribution in [-0.2, 0) is 4.79 Å². The van der Waals surface area contributed by atoms with Crippen LogP contribution in [0.5, 0.6) is 0 Å². The molecular formula is C18H20N4O3. The van der Waals surface area contributed by atoms with Crippen LogP contribution in [0, 0.1) is 20.8 Å². The van der Waals surface area contributed by atoms with Gasteiger partial charge in [-0.05, 0) is 45.4 Å². The minimum absolute atomic E-state index is 0.197. The number of hydrogen-bond acceptors (Lipinski definition) is 5. The van der Waals surface area contributed by atoms with Crippen molar-refractivity contribution in [1.82, 2.24) is 14.9 Å². The molecule has 0 bridgehead atoms. The summed E-state index contributed by atoms with van der Waals surface area (Å²) < 4.78 is 6.28. The van der Waals surface area contributed by atoms with Crippen LogP contribution < -0.4 is 10.5 Å². The zero-order valence-electron chi connectivity index (χ0n) is 14.9. The molecule has 7 heteroatoms. The molecule has 3 rings (SSSR count). The van der Waals surface area contributed by atoms with Gasteiger partial charge in [0.1, 0.15) is 11.8 Å². The fourth-order valence-corrected chi connectivity index (χ4v) is 2.92. The van der Waals surface area contributed by atoms with Crippen LogP contribution in [0.2, 0.25) is 0 Å². The largest absolute Gasteiger partial charge is 0.360 e. The zero-order chi connectivity index (χ0) is 18.3. The molecule has 25 heavy (non-hydrogen) atoms. The van der Waals surface area contributed by atoms with Crippen LogP contribution >= 0.6 is 0 Å². The number of aryl methyl sites for hydroxylation is 3. The maximum atomic E-state index is 12.8. The van der Waals surface area contributed by atoms with Crippen LogP contribution in [0.1, 0.15) is 30.0 Å². The molecule has 130 valence electrons. The van der Waals surface area contributed by atoms with E-state index in [4.69, 9.17) is 4.52 Å². The van der Waals surface area contributed by atoms with Crippen molar-refractivity contribution in [3.8, 4) is 0 Å².